The summed E-state index contributed by atoms with van der Waals surface area (Å²) in [5, 5.41) is 0.416. The molecule has 0 bridgehead atoms. The molecule has 0 amide bonds. The van der Waals surface area contributed by atoms with Crippen LogP contribution < -0.4 is 4.74 Å². The zero-order valence-electron chi connectivity index (χ0n) is 15.5. The lowest BCUT2D eigenvalue weighted by Crippen LogP contribution is -2.18. The monoisotopic (exact) mass is 432 g/mol. The van der Waals surface area contributed by atoms with Crippen LogP contribution in [0.4, 0.5) is 4.39 Å². The molecule has 150 valence electrons. The number of hydrogen-bond donors (Lipinski definition) is 1. The van der Waals surface area contributed by atoms with E-state index in [-0.39, 0.29) is 11.3 Å². The van der Waals surface area contributed by atoms with E-state index in [1.807, 2.05) is 6.92 Å². The third kappa shape index (κ3) is 3.88. The number of halogens is 2. The number of aryl methyl sites for hydroxylation is 1. The highest BCUT2D eigenvalue weighted by atomic mass is 35.5. The van der Waals surface area contributed by atoms with Gasteiger partial charge < -0.3 is 4.74 Å². The fourth-order valence-electron chi connectivity index (χ4n) is 3.74. The fraction of sp³-hybridized carbons (Fsp3) is 0.182. The Morgan fingerprint density at radius 1 is 1.17 bits per heavy atom. The first-order valence-electron chi connectivity index (χ1n) is 9.04. The normalized spacial score (nSPS) is 15.8. The predicted molar refractivity (Wildman–Crippen MR) is 110 cm³/mol. The number of fused-ring (bicyclic) bond motifs is 1. The van der Waals surface area contributed by atoms with Crippen LogP contribution in [0.1, 0.15) is 16.7 Å². The third-order valence-electron chi connectivity index (χ3n) is 5.01. The van der Waals surface area contributed by atoms with E-state index in [0.717, 1.165) is 11.1 Å². The summed E-state index contributed by atoms with van der Waals surface area (Å²) in [6, 6.07) is 14.7. The van der Waals surface area contributed by atoms with Gasteiger partial charge in [-0.2, -0.15) is 8.42 Å². The fourth-order valence-corrected chi connectivity index (χ4v) is 4.69. The van der Waals surface area contributed by atoms with Crippen LogP contribution in [0, 0.1) is 12.7 Å². The molecular weight excluding hydrogens is 415 g/mol. The molecule has 0 saturated heterocycles. The van der Waals surface area contributed by atoms with Crippen LogP contribution in [0.3, 0.4) is 0 Å². The van der Waals surface area contributed by atoms with E-state index >= 15 is 0 Å². The lowest BCUT2D eigenvalue weighted by atomic mass is 9.98. The molecule has 4 rings (SSSR count). The van der Waals surface area contributed by atoms with Crippen molar-refractivity contribution in [2.24, 2.45) is 0 Å². The minimum atomic E-state index is -4.36. The van der Waals surface area contributed by atoms with Crippen molar-refractivity contribution in [3.05, 3.63) is 82.1 Å². The summed E-state index contributed by atoms with van der Waals surface area (Å²) in [4.78, 5) is -0.139. The predicted octanol–water partition coefficient (Wildman–Crippen LogP) is 5.25. The van der Waals surface area contributed by atoms with Crippen molar-refractivity contribution in [2.45, 2.75) is 30.8 Å². The molecule has 0 saturated carbocycles. The number of hydrogen-bond acceptors (Lipinski definition) is 3. The van der Waals surface area contributed by atoms with Gasteiger partial charge in [0.25, 0.3) is 10.1 Å². The molecule has 0 aromatic heterocycles. The Bertz CT molecular complexity index is 1210. The van der Waals surface area contributed by atoms with Gasteiger partial charge in [-0.25, -0.2) is 4.39 Å². The molecule has 3 aromatic rings. The van der Waals surface area contributed by atoms with Crippen LogP contribution in [-0.4, -0.2) is 19.1 Å². The van der Waals surface area contributed by atoms with Crippen LogP contribution >= 0.6 is 11.6 Å². The zero-order chi connectivity index (χ0) is 20.8. The maximum atomic E-state index is 14.7. The van der Waals surface area contributed by atoms with Crippen molar-refractivity contribution in [3.63, 3.8) is 0 Å². The van der Waals surface area contributed by atoms with E-state index in [1.165, 1.54) is 12.1 Å². The maximum absolute atomic E-state index is 14.7. The Hall–Kier alpha value is -2.41. The highest BCUT2D eigenvalue weighted by Gasteiger charge is 2.30. The van der Waals surface area contributed by atoms with E-state index in [1.54, 1.807) is 42.5 Å². The Morgan fingerprint density at radius 2 is 1.93 bits per heavy atom. The van der Waals surface area contributed by atoms with Gasteiger partial charge in [0.2, 0.25) is 0 Å². The first-order valence-corrected chi connectivity index (χ1v) is 10.9. The van der Waals surface area contributed by atoms with Crippen molar-refractivity contribution in [1.82, 2.24) is 0 Å². The Labute approximate surface area is 173 Å². The van der Waals surface area contributed by atoms with Gasteiger partial charge in [0.15, 0.2) is 0 Å². The van der Waals surface area contributed by atoms with Gasteiger partial charge in [-0.1, -0.05) is 53.6 Å². The molecule has 1 unspecified atom stereocenters. The van der Waals surface area contributed by atoms with Gasteiger partial charge in [-0.05, 0) is 36.2 Å². The summed E-state index contributed by atoms with van der Waals surface area (Å²) >= 11 is 6.27. The highest BCUT2D eigenvalue weighted by molar-refractivity contribution is 7.85. The van der Waals surface area contributed by atoms with Gasteiger partial charge in [-0.3, -0.25) is 4.55 Å². The van der Waals surface area contributed by atoms with Crippen LogP contribution in [0.5, 0.6) is 5.75 Å². The molecule has 0 aliphatic carbocycles. The average Bonchev–Trinajstić information content (AvgIpc) is 3.04. The summed E-state index contributed by atoms with van der Waals surface area (Å²) in [7, 11) is -4.36. The smallest absolute Gasteiger partial charge is 0.294 e. The Morgan fingerprint density at radius 3 is 2.66 bits per heavy atom. The standard InChI is InChI=1S/C22H18ClFO4S/c1-13-6-9-20(29(25,26)27)15(10-13)12-16-11-14-7-8-19(24)21(22(14)28-16)17-4-2-3-5-18(17)23/h2-10,16H,11-12H2,1H3,(H,25,26,27). The first-order chi connectivity index (χ1) is 13.7. The largest absolute Gasteiger partial charge is 0.489 e. The lowest BCUT2D eigenvalue weighted by Gasteiger charge is -2.15. The van der Waals surface area contributed by atoms with Gasteiger partial charge in [0.1, 0.15) is 17.7 Å². The molecule has 3 aromatic carbocycles. The Kier molecular flexibility index (Phi) is 5.11. The zero-order valence-corrected chi connectivity index (χ0v) is 17.1. The molecule has 1 heterocycles. The Balaban J connectivity index is 1.71. The van der Waals surface area contributed by atoms with E-state index in [2.05, 4.69) is 0 Å². The molecule has 4 nitrogen and oxygen atoms in total. The molecule has 1 aliphatic rings. The van der Waals surface area contributed by atoms with Crippen molar-refractivity contribution in [3.8, 4) is 16.9 Å². The molecule has 29 heavy (non-hydrogen) atoms. The van der Waals surface area contributed by atoms with Crippen LogP contribution in [0.2, 0.25) is 5.02 Å². The molecule has 0 fully saturated rings. The van der Waals surface area contributed by atoms with E-state index < -0.39 is 22.0 Å². The minimum absolute atomic E-state index is 0.139. The SMILES string of the molecule is Cc1ccc(S(=O)(=O)O)c(CC2Cc3ccc(F)c(-c4ccccc4Cl)c3O2)c1. The van der Waals surface area contributed by atoms with Crippen molar-refractivity contribution in [1.29, 1.82) is 0 Å². The van der Waals surface area contributed by atoms with Crippen LogP contribution in [0.15, 0.2) is 59.5 Å². The second-order valence-corrected chi connectivity index (χ2v) is 8.92. The molecule has 0 spiro atoms. The molecule has 0 radical (unpaired) electrons. The molecule has 7 heteroatoms. The second-order valence-electron chi connectivity index (χ2n) is 7.12. The van der Waals surface area contributed by atoms with Crippen molar-refractivity contribution in [2.75, 3.05) is 0 Å². The molecule has 1 atom stereocenters. The summed E-state index contributed by atoms with van der Waals surface area (Å²) in [6.07, 6.45) is 0.358. The minimum Gasteiger partial charge on any atom is -0.489 e. The number of benzene rings is 3. The molecule has 1 N–H and O–H groups in total. The van der Waals surface area contributed by atoms with Gasteiger partial charge >= 0.3 is 0 Å². The lowest BCUT2D eigenvalue weighted by molar-refractivity contribution is 0.232. The number of ether oxygens (including phenoxy) is 1. The summed E-state index contributed by atoms with van der Waals surface area (Å²) in [5.41, 5.74) is 3.00. The van der Waals surface area contributed by atoms with Crippen LogP contribution in [-0.2, 0) is 23.0 Å². The average molecular weight is 433 g/mol. The first kappa shape index (κ1) is 19.9. The summed E-state index contributed by atoms with van der Waals surface area (Å²) < 4.78 is 53.7. The quantitative estimate of drug-likeness (QED) is 0.572. The van der Waals surface area contributed by atoms with Gasteiger partial charge in [0.05, 0.1) is 10.5 Å². The van der Waals surface area contributed by atoms with E-state index in [9.17, 15) is 17.4 Å². The van der Waals surface area contributed by atoms with E-state index in [4.69, 9.17) is 16.3 Å². The maximum Gasteiger partial charge on any atom is 0.294 e. The topological polar surface area (TPSA) is 63.6 Å². The third-order valence-corrected chi connectivity index (χ3v) is 6.29. The molecule has 1 aliphatic heterocycles. The van der Waals surface area contributed by atoms with Gasteiger partial charge in [0, 0.05) is 23.4 Å². The highest BCUT2D eigenvalue weighted by Crippen LogP contribution is 2.43. The van der Waals surface area contributed by atoms with Crippen LogP contribution in [0.25, 0.3) is 11.1 Å². The number of rotatable bonds is 4. The van der Waals surface area contributed by atoms with Gasteiger partial charge in [-0.15, -0.1) is 0 Å². The second kappa shape index (κ2) is 7.44. The summed E-state index contributed by atoms with van der Waals surface area (Å²) in [5.74, 6) is -0.0177. The van der Waals surface area contributed by atoms with Crippen molar-refractivity contribution < 1.29 is 22.1 Å². The van der Waals surface area contributed by atoms with E-state index in [0.29, 0.717) is 33.9 Å². The van der Waals surface area contributed by atoms with Crippen molar-refractivity contribution >= 4 is 21.7 Å². The summed E-state index contributed by atoms with van der Waals surface area (Å²) in [6.45, 7) is 1.84. The molecular formula is C22H18ClFO4S.